The second-order valence-corrected chi connectivity index (χ2v) is 6.04. The lowest BCUT2D eigenvalue weighted by molar-refractivity contribution is -0.130. The molecule has 0 aliphatic rings. The zero-order chi connectivity index (χ0) is 19.8. The van der Waals surface area contributed by atoms with Gasteiger partial charge in [0.15, 0.2) is 6.10 Å². The van der Waals surface area contributed by atoms with Crippen molar-refractivity contribution in [3.05, 3.63) is 0 Å². The average molecular weight is 375 g/mol. The van der Waals surface area contributed by atoms with Gasteiger partial charge in [0.2, 0.25) is 0 Å². The van der Waals surface area contributed by atoms with Gasteiger partial charge in [0.25, 0.3) is 5.91 Å². The van der Waals surface area contributed by atoms with Crippen LogP contribution in [-0.4, -0.2) is 50.2 Å². The van der Waals surface area contributed by atoms with Crippen LogP contribution in [0.3, 0.4) is 0 Å². The van der Waals surface area contributed by atoms with Crippen LogP contribution >= 0.6 is 0 Å². The average Bonchev–Trinajstić information content (AvgIpc) is 2.60. The highest BCUT2D eigenvalue weighted by molar-refractivity contribution is 5.82. The van der Waals surface area contributed by atoms with Crippen molar-refractivity contribution in [1.82, 2.24) is 5.32 Å². The quantitative estimate of drug-likeness (QED) is 0.388. The zero-order valence-electron chi connectivity index (χ0n) is 16.4. The molecule has 0 unspecified atom stereocenters. The lowest BCUT2D eigenvalue weighted by Crippen LogP contribution is -2.40. The van der Waals surface area contributed by atoms with E-state index in [4.69, 9.17) is 18.9 Å². The fraction of sp³-hybridized carbons (Fsp3) is 0.833. The van der Waals surface area contributed by atoms with Crippen molar-refractivity contribution in [2.45, 2.75) is 78.4 Å². The second-order valence-electron chi connectivity index (χ2n) is 6.04. The first kappa shape index (κ1) is 24.0. The van der Waals surface area contributed by atoms with E-state index in [1.54, 1.807) is 6.92 Å². The highest BCUT2D eigenvalue weighted by Crippen LogP contribution is 2.01. The monoisotopic (exact) mass is 375 g/mol. The highest BCUT2D eigenvalue weighted by atomic mass is 16.7. The minimum atomic E-state index is -0.998. The van der Waals surface area contributed by atoms with Crippen LogP contribution < -0.4 is 5.32 Å². The van der Waals surface area contributed by atoms with Crippen LogP contribution in [-0.2, 0) is 23.7 Å². The van der Waals surface area contributed by atoms with Crippen LogP contribution in [0.2, 0.25) is 0 Å². The molecule has 0 aromatic heterocycles. The Balaban J connectivity index is 3.89. The van der Waals surface area contributed by atoms with Crippen molar-refractivity contribution >= 4 is 18.2 Å². The molecule has 0 aliphatic heterocycles. The van der Waals surface area contributed by atoms with Gasteiger partial charge >= 0.3 is 12.3 Å². The molecule has 0 aromatic carbocycles. The predicted molar refractivity (Wildman–Crippen MR) is 95.8 cm³/mol. The molecule has 0 fully saturated rings. The lowest BCUT2D eigenvalue weighted by Gasteiger charge is -2.16. The highest BCUT2D eigenvalue weighted by Gasteiger charge is 2.20. The Kier molecular flexibility index (Phi) is 14.1. The first-order valence-electron chi connectivity index (χ1n) is 9.35. The minimum absolute atomic E-state index is 0.0855. The third kappa shape index (κ3) is 13.3. The van der Waals surface area contributed by atoms with Crippen LogP contribution in [0.1, 0.15) is 66.2 Å². The van der Waals surface area contributed by atoms with Gasteiger partial charge in [0, 0.05) is 0 Å². The molecular formula is C18H33NO7. The van der Waals surface area contributed by atoms with Crippen molar-refractivity contribution in [1.29, 1.82) is 0 Å². The number of hydrogen-bond donors (Lipinski definition) is 1. The maximum atomic E-state index is 11.9. The Morgan fingerprint density at radius 3 is 1.81 bits per heavy atom. The Hall–Kier alpha value is -1.99. The lowest BCUT2D eigenvalue weighted by atomic mass is 10.3. The first-order valence-corrected chi connectivity index (χ1v) is 9.35. The number of ether oxygens (including phenoxy) is 4. The Morgan fingerprint density at radius 1 is 0.808 bits per heavy atom. The summed E-state index contributed by atoms with van der Waals surface area (Å²) in [5.74, 6) is -0.498. The Bertz CT molecular complexity index is 414. The number of carbonyl (C=O) groups is 3. The van der Waals surface area contributed by atoms with Crippen molar-refractivity contribution in [2.75, 3.05) is 19.8 Å². The molecule has 26 heavy (non-hydrogen) atoms. The molecule has 1 N–H and O–H groups in total. The van der Waals surface area contributed by atoms with Crippen LogP contribution in [0.4, 0.5) is 9.59 Å². The summed E-state index contributed by atoms with van der Waals surface area (Å²) >= 11 is 0. The molecule has 0 saturated heterocycles. The molecule has 0 heterocycles. The molecule has 0 radical (unpaired) electrons. The maximum absolute atomic E-state index is 11.9. The summed E-state index contributed by atoms with van der Waals surface area (Å²) in [6.07, 6.45) is 2.35. The molecule has 152 valence electrons. The van der Waals surface area contributed by atoms with E-state index in [2.05, 4.69) is 12.2 Å². The minimum Gasteiger partial charge on any atom is -0.434 e. The summed E-state index contributed by atoms with van der Waals surface area (Å²) in [6, 6.07) is 0. The van der Waals surface area contributed by atoms with E-state index in [1.807, 2.05) is 6.92 Å². The number of rotatable bonds is 13. The van der Waals surface area contributed by atoms with E-state index >= 15 is 0 Å². The van der Waals surface area contributed by atoms with E-state index in [0.717, 1.165) is 38.5 Å². The zero-order valence-corrected chi connectivity index (χ0v) is 16.4. The third-order valence-electron chi connectivity index (χ3n) is 3.44. The van der Waals surface area contributed by atoms with Gasteiger partial charge in [-0.05, 0) is 26.7 Å². The molecule has 8 nitrogen and oxygen atoms in total. The van der Waals surface area contributed by atoms with Gasteiger partial charge in [0.05, 0.1) is 19.8 Å². The van der Waals surface area contributed by atoms with E-state index < -0.39 is 30.4 Å². The van der Waals surface area contributed by atoms with E-state index in [1.165, 1.54) is 6.92 Å². The van der Waals surface area contributed by atoms with Gasteiger partial charge in [-0.25, -0.2) is 9.59 Å². The summed E-state index contributed by atoms with van der Waals surface area (Å²) in [4.78, 5) is 34.8. The SMILES string of the molecule is CCCCCOC(=O)O[C@@H](C)CNC(=O)[C@@H](C)OC(=O)OCCCCC. The number of nitrogens with one attached hydrogen (secondary N) is 1. The summed E-state index contributed by atoms with van der Waals surface area (Å²) in [5.41, 5.74) is 0. The molecule has 0 saturated carbocycles. The van der Waals surface area contributed by atoms with E-state index in [-0.39, 0.29) is 13.2 Å². The third-order valence-corrected chi connectivity index (χ3v) is 3.44. The topological polar surface area (TPSA) is 100 Å². The molecule has 8 heteroatoms. The maximum Gasteiger partial charge on any atom is 0.509 e. The molecular weight excluding hydrogens is 342 g/mol. The molecule has 0 aromatic rings. The summed E-state index contributed by atoms with van der Waals surface area (Å²) < 4.78 is 19.7. The number of hydrogen-bond acceptors (Lipinski definition) is 7. The van der Waals surface area contributed by atoms with Gasteiger partial charge in [0.1, 0.15) is 6.10 Å². The van der Waals surface area contributed by atoms with Crippen molar-refractivity contribution in [3.8, 4) is 0 Å². The Morgan fingerprint density at radius 2 is 1.31 bits per heavy atom. The van der Waals surface area contributed by atoms with Gasteiger partial charge < -0.3 is 24.3 Å². The molecule has 0 spiro atoms. The standard InChI is InChI=1S/C18H33NO7/c1-5-7-9-11-23-17(21)25-14(3)13-19-16(20)15(4)26-18(22)24-12-10-8-6-2/h14-15H,5-13H2,1-4H3,(H,19,20)/t14-,15+/m0/s1. The molecule has 0 aliphatic carbocycles. The smallest absolute Gasteiger partial charge is 0.434 e. The predicted octanol–water partition coefficient (Wildman–Crippen LogP) is 3.57. The first-order chi connectivity index (χ1) is 12.4. The summed E-state index contributed by atoms with van der Waals surface area (Å²) in [5, 5.41) is 2.54. The molecule has 0 rings (SSSR count). The fourth-order valence-electron chi connectivity index (χ4n) is 1.88. The second kappa shape index (κ2) is 15.3. The summed E-state index contributed by atoms with van der Waals surface area (Å²) in [6.45, 7) is 7.84. The van der Waals surface area contributed by atoms with Gasteiger partial charge in [-0.3, -0.25) is 4.79 Å². The van der Waals surface area contributed by atoms with Crippen molar-refractivity contribution in [3.63, 3.8) is 0 Å². The number of amides is 1. The van der Waals surface area contributed by atoms with E-state index in [0.29, 0.717) is 6.61 Å². The van der Waals surface area contributed by atoms with Crippen LogP contribution in [0.15, 0.2) is 0 Å². The Labute approximate surface area is 155 Å². The number of carbonyl (C=O) groups excluding carboxylic acids is 3. The molecule has 1 amide bonds. The van der Waals surface area contributed by atoms with Crippen molar-refractivity contribution < 1.29 is 33.3 Å². The van der Waals surface area contributed by atoms with Crippen LogP contribution in [0, 0.1) is 0 Å². The normalized spacial score (nSPS) is 12.6. The van der Waals surface area contributed by atoms with Gasteiger partial charge in [-0.15, -0.1) is 0 Å². The van der Waals surface area contributed by atoms with Gasteiger partial charge in [-0.1, -0.05) is 39.5 Å². The summed E-state index contributed by atoms with van der Waals surface area (Å²) in [7, 11) is 0. The van der Waals surface area contributed by atoms with Gasteiger partial charge in [-0.2, -0.15) is 0 Å². The fourth-order valence-corrected chi connectivity index (χ4v) is 1.88. The van der Waals surface area contributed by atoms with E-state index in [9.17, 15) is 14.4 Å². The van der Waals surface area contributed by atoms with Crippen molar-refractivity contribution in [2.24, 2.45) is 0 Å². The molecule has 0 bridgehead atoms. The number of unbranched alkanes of at least 4 members (excludes halogenated alkanes) is 4. The van der Waals surface area contributed by atoms with Crippen LogP contribution in [0.25, 0.3) is 0 Å². The largest absolute Gasteiger partial charge is 0.509 e. The van der Waals surface area contributed by atoms with Crippen LogP contribution in [0.5, 0.6) is 0 Å². The molecule has 2 atom stereocenters.